The monoisotopic (exact) mass is 238 g/mol. The van der Waals surface area contributed by atoms with E-state index in [4.69, 9.17) is 9.47 Å². The molecule has 2 unspecified atom stereocenters. The summed E-state index contributed by atoms with van der Waals surface area (Å²) in [4.78, 5) is 21.0. The van der Waals surface area contributed by atoms with E-state index >= 15 is 0 Å². The molecule has 0 saturated heterocycles. The van der Waals surface area contributed by atoms with E-state index in [9.17, 15) is 20.2 Å². The van der Waals surface area contributed by atoms with E-state index in [2.05, 4.69) is 0 Å². The molecule has 0 rings (SSSR count). The van der Waals surface area contributed by atoms with Gasteiger partial charge in [-0.05, 0) is 0 Å². The van der Waals surface area contributed by atoms with Gasteiger partial charge in [0.25, 0.3) is 0 Å². The Labute approximate surface area is 91.6 Å². The van der Waals surface area contributed by atoms with Crippen LogP contribution in [0, 0.1) is 20.2 Å². The average molecular weight is 238 g/mol. The van der Waals surface area contributed by atoms with Crippen molar-refractivity contribution in [3.63, 3.8) is 0 Å². The van der Waals surface area contributed by atoms with Crippen LogP contribution in [0.2, 0.25) is 0 Å². The van der Waals surface area contributed by atoms with Gasteiger partial charge in [0, 0.05) is 14.2 Å². The molecule has 0 aromatic carbocycles. The maximum absolute atomic E-state index is 10.5. The summed E-state index contributed by atoms with van der Waals surface area (Å²) in [6.45, 7) is 0. The number of methoxy groups -OCH3 is 2. The van der Waals surface area contributed by atoms with Gasteiger partial charge in [0.05, 0.1) is 14.1 Å². The summed E-state index contributed by atoms with van der Waals surface area (Å²) >= 11 is 0. The van der Waals surface area contributed by atoms with Crippen LogP contribution in [0.1, 0.15) is 0 Å². The van der Waals surface area contributed by atoms with Crippen molar-refractivity contribution in [2.45, 2.75) is 12.5 Å². The van der Waals surface area contributed by atoms with Crippen LogP contribution in [0.15, 0.2) is 0 Å². The van der Waals surface area contributed by atoms with Gasteiger partial charge < -0.3 is 9.47 Å². The Balaban J connectivity index is 4.88. The van der Waals surface area contributed by atoms with Crippen molar-refractivity contribution in [1.82, 2.24) is 10.0 Å². The van der Waals surface area contributed by atoms with Gasteiger partial charge in [0.1, 0.15) is 0 Å². The molecule has 0 aliphatic carbocycles. The van der Waals surface area contributed by atoms with Crippen LogP contribution >= 0.6 is 0 Å². The van der Waals surface area contributed by atoms with Crippen LogP contribution in [0.5, 0.6) is 0 Å². The Morgan fingerprint density at radius 2 is 1.19 bits per heavy atom. The Hall–Kier alpha value is -1.68. The molecule has 94 valence electrons. The zero-order chi connectivity index (χ0) is 12.9. The number of nitro groups is 2. The molecule has 0 fully saturated rings. The molecule has 0 aromatic rings. The standard InChI is InChI=1S/C6H14N4O6/c1-7(9(11)12)5(15-3)6(16-4)8(2)10(13)14/h5-6H,1-4H3. The van der Waals surface area contributed by atoms with Crippen LogP contribution < -0.4 is 0 Å². The lowest BCUT2D eigenvalue weighted by molar-refractivity contribution is -0.701. The first-order valence-electron chi connectivity index (χ1n) is 4.16. The second kappa shape index (κ2) is 6.02. The topological polar surface area (TPSA) is 111 Å². The van der Waals surface area contributed by atoms with E-state index in [0.717, 1.165) is 14.1 Å². The number of likely N-dealkylation sites (N-methyl/N-ethyl adjacent to an activating group) is 2. The zero-order valence-electron chi connectivity index (χ0n) is 9.39. The number of hydrogen-bond acceptors (Lipinski definition) is 6. The average Bonchev–Trinajstić information content (AvgIpc) is 2.23. The maximum atomic E-state index is 10.5. The highest BCUT2D eigenvalue weighted by molar-refractivity contribution is 4.60. The number of ether oxygens (including phenoxy) is 2. The van der Waals surface area contributed by atoms with Crippen molar-refractivity contribution in [2.24, 2.45) is 0 Å². The fraction of sp³-hybridized carbons (Fsp3) is 1.00. The van der Waals surface area contributed by atoms with E-state index in [1.165, 1.54) is 14.2 Å². The third kappa shape index (κ3) is 3.17. The minimum Gasteiger partial charge on any atom is -0.352 e. The van der Waals surface area contributed by atoms with Crippen molar-refractivity contribution < 1.29 is 19.5 Å². The van der Waals surface area contributed by atoms with Crippen molar-refractivity contribution in [1.29, 1.82) is 0 Å². The van der Waals surface area contributed by atoms with Gasteiger partial charge >= 0.3 is 0 Å². The normalized spacial score (nSPS) is 14.0. The molecule has 0 amide bonds. The largest absolute Gasteiger partial charge is 0.352 e. The van der Waals surface area contributed by atoms with Gasteiger partial charge in [-0.25, -0.2) is 20.2 Å². The predicted molar refractivity (Wildman–Crippen MR) is 51.1 cm³/mol. The van der Waals surface area contributed by atoms with E-state index in [1.54, 1.807) is 0 Å². The van der Waals surface area contributed by atoms with Gasteiger partial charge in [0.2, 0.25) is 12.5 Å². The molecule has 10 nitrogen and oxygen atoms in total. The Morgan fingerprint density at radius 3 is 1.31 bits per heavy atom. The number of hydrazine groups is 2. The van der Waals surface area contributed by atoms with Crippen LogP contribution in [0.25, 0.3) is 0 Å². The molecule has 0 aliphatic heterocycles. The molecule has 0 radical (unpaired) electrons. The first kappa shape index (κ1) is 14.3. The quantitative estimate of drug-likeness (QED) is 0.321. The Morgan fingerprint density at radius 1 is 0.938 bits per heavy atom. The minimum absolute atomic E-state index is 0.591. The lowest BCUT2D eigenvalue weighted by atomic mass is 10.4. The molecule has 16 heavy (non-hydrogen) atoms. The third-order valence-corrected chi connectivity index (χ3v) is 1.98. The van der Waals surface area contributed by atoms with Crippen LogP contribution in [0.3, 0.4) is 0 Å². The van der Waals surface area contributed by atoms with Crippen molar-refractivity contribution >= 4 is 0 Å². The fourth-order valence-electron chi connectivity index (χ4n) is 1.09. The van der Waals surface area contributed by atoms with Crippen molar-refractivity contribution in [3.05, 3.63) is 20.2 Å². The summed E-state index contributed by atoms with van der Waals surface area (Å²) in [5.74, 6) is 0. The molecule has 0 aliphatic rings. The van der Waals surface area contributed by atoms with E-state index in [0.29, 0.717) is 10.0 Å². The van der Waals surface area contributed by atoms with Gasteiger partial charge in [-0.2, -0.15) is 0 Å². The molecular weight excluding hydrogens is 224 g/mol. The summed E-state index contributed by atoms with van der Waals surface area (Å²) in [5.41, 5.74) is 0. The third-order valence-electron chi connectivity index (χ3n) is 1.98. The summed E-state index contributed by atoms with van der Waals surface area (Å²) in [7, 11) is 4.66. The lowest BCUT2D eigenvalue weighted by Gasteiger charge is -2.28. The van der Waals surface area contributed by atoms with Gasteiger partial charge in [0.15, 0.2) is 10.1 Å². The molecule has 2 atom stereocenters. The van der Waals surface area contributed by atoms with Gasteiger partial charge in [-0.15, -0.1) is 0 Å². The molecule has 0 heterocycles. The van der Waals surface area contributed by atoms with Crippen LogP contribution in [-0.2, 0) is 9.47 Å². The van der Waals surface area contributed by atoms with Crippen molar-refractivity contribution in [3.8, 4) is 0 Å². The van der Waals surface area contributed by atoms with Gasteiger partial charge in [-0.1, -0.05) is 10.0 Å². The molecule has 0 saturated carbocycles. The summed E-state index contributed by atoms with van der Waals surface area (Å²) < 4.78 is 9.62. The number of nitrogens with zero attached hydrogens (tertiary/aromatic N) is 4. The molecule has 0 bridgehead atoms. The number of hydrogen-bond donors (Lipinski definition) is 0. The lowest BCUT2D eigenvalue weighted by Crippen LogP contribution is -2.54. The van der Waals surface area contributed by atoms with E-state index in [-0.39, 0.29) is 0 Å². The van der Waals surface area contributed by atoms with Crippen LogP contribution in [0.4, 0.5) is 0 Å². The minimum atomic E-state index is -1.20. The maximum Gasteiger partial charge on any atom is 0.237 e. The Kier molecular flexibility index (Phi) is 5.39. The fourth-order valence-corrected chi connectivity index (χ4v) is 1.09. The molecule has 10 heteroatoms. The molecule has 0 aromatic heterocycles. The first-order chi connectivity index (χ1) is 7.36. The zero-order valence-corrected chi connectivity index (χ0v) is 9.39. The SMILES string of the molecule is COC(C(OC)N(C)[N+](=O)[O-])N(C)[N+](=O)[O-]. The smallest absolute Gasteiger partial charge is 0.237 e. The number of rotatable bonds is 7. The first-order valence-corrected chi connectivity index (χ1v) is 4.16. The predicted octanol–water partition coefficient (Wildman–Crippen LogP) is -0.822. The van der Waals surface area contributed by atoms with E-state index in [1.807, 2.05) is 0 Å². The van der Waals surface area contributed by atoms with Gasteiger partial charge in [-0.3, -0.25) is 0 Å². The highest BCUT2D eigenvalue weighted by Gasteiger charge is 2.38. The van der Waals surface area contributed by atoms with Crippen LogP contribution in [-0.4, -0.2) is 60.9 Å². The summed E-state index contributed by atoms with van der Waals surface area (Å²) in [6, 6.07) is 0. The summed E-state index contributed by atoms with van der Waals surface area (Å²) in [6.07, 6.45) is -2.40. The molecule has 0 spiro atoms. The summed E-state index contributed by atoms with van der Waals surface area (Å²) in [5, 5.41) is 20.7. The molecule has 0 N–H and O–H groups in total. The highest BCUT2D eigenvalue weighted by atomic mass is 16.7. The molecular formula is C6H14N4O6. The second-order valence-electron chi connectivity index (χ2n) is 2.88. The van der Waals surface area contributed by atoms with Crippen molar-refractivity contribution in [2.75, 3.05) is 28.3 Å². The second-order valence-corrected chi connectivity index (χ2v) is 2.88. The van der Waals surface area contributed by atoms with E-state index < -0.39 is 22.5 Å². The Bertz CT molecular complexity index is 235. The highest BCUT2D eigenvalue weighted by Crippen LogP contribution is 2.10.